The van der Waals surface area contributed by atoms with Gasteiger partial charge in [-0.15, -0.1) is 11.3 Å². The minimum absolute atomic E-state index is 0.350. The van der Waals surface area contributed by atoms with Crippen LogP contribution in [-0.2, 0) is 12.6 Å². The lowest BCUT2D eigenvalue weighted by Gasteiger charge is -2.14. The van der Waals surface area contributed by atoms with Gasteiger partial charge in [0.05, 0.1) is 5.56 Å². The van der Waals surface area contributed by atoms with Gasteiger partial charge in [-0.05, 0) is 48.4 Å². The summed E-state index contributed by atoms with van der Waals surface area (Å²) >= 11 is 1.69. The maximum Gasteiger partial charge on any atom is 0.416 e. The molecule has 0 fully saturated rings. The monoisotopic (exact) mass is 299 g/mol. The van der Waals surface area contributed by atoms with Crippen molar-refractivity contribution < 1.29 is 13.2 Å². The Balaban J connectivity index is 1.93. The van der Waals surface area contributed by atoms with Gasteiger partial charge in [-0.3, -0.25) is 0 Å². The first-order valence-electron chi connectivity index (χ1n) is 6.42. The summed E-state index contributed by atoms with van der Waals surface area (Å²) in [6.45, 7) is 0. The third kappa shape index (κ3) is 4.08. The van der Waals surface area contributed by atoms with Crippen LogP contribution in [0.5, 0.6) is 0 Å². The molecule has 5 heteroatoms. The molecule has 1 atom stereocenters. The van der Waals surface area contributed by atoms with E-state index in [9.17, 15) is 13.2 Å². The lowest BCUT2D eigenvalue weighted by molar-refractivity contribution is -0.137. The predicted octanol–water partition coefficient (Wildman–Crippen LogP) is 4.79. The van der Waals surface area contributed by atoms with Gasteiger partial charge in [-0.1, -0.05) is 18.2 Å². The number of nitrogens with two attached hydrogens (primary N) is 1. The average molecular weight is 299 g/mol. The normalized spacial score (nSPS) is 13.4. The number of benzene rings is 1. The summed E-state index contributed by atoms with van der Waals surface area (Å²) in [5.41, 5.74) is 5.89. The minimum Gasteiger partial charge on any atom is -0.324 e. The number of thiophene rings is 1. The van der Waals surface area contributed by atoms with Crippen molar-refractivity contribution in [1.29, 1.82) is 0 Å². The van der Waals surface area contributed by atoms with Crippen LogP contribution in [0.2, 0.25) is 0 Å². The Bertz CT molecular complexity index is 534. The van der Waals surface area contributed by atoms with Gasteiger partial charge in [-0.2, -0.15) is 13.2 Å². The van der Waals surface area contributed by atoms with Crippen LogP contribution in [0.4, 0.5) is 13.2 Å². The summed E-state index contributed by atoms with van der Waals surface area (Å²) in [6, 6.07) is 8.99. The molecule has 1 aromatic carbocycles. The standard InChI is InChI=1S/C15H16F3NS/c16-15(17,18)12-5-1-4-11(10-12)14(19)8-2-6-13-7-3-9-20-13/h1,3-5,7,9-10,14H,2,6,8,19H2. The SMILES string of the molecule is NC(CCCc1cccs1)c1cccc(C(F)(F)F)c1. The first kappa shape index (κ1) is 15.1. The fourth-order valence-corrected chi connectivity index (χ4v) is 2.81. The second kappa shape index (κ2) is 6.41. The molecule has 0 radical (unpaired) electrons. The van der Waals surface area contributed by atoms with Crippen LogP contribution < -0.4 is 5.73 Å². The van der Waals surface area contributed by atoms with Gasteiger partial charge in [0.1, 0.15) is 0 Å². The highest BCUT2D eigenvalue weighted by molar-refractivity contribution is 7.09. The van der Waals surface area contributed by atoms with E-state index in [1.807, 2.05) is 11.4 Å². The van der Waals surface area contributed by atoms with Crippen molar-refractivity contribution in [3.8, 4) is 0 Å². The summed E-state index contributed by atoms with van der Waals surface area (Å²) < 4.78 is 37.9. The Hall–Kier alpha value is -1.33. The zero-order valence-electron chi connectivity index (χ0n) is 10.9. The first-order chi connectivity index (χ1) is 9.47. The van der Waals surface area contributed by atoms with E-state index in [0.29, 0.717) is 12.0 Å². The van der Waals surface area contributed by atoms with Crippen molar-refractivity contribution in [2.75, 3.05) is 0 Å². The number of halogens is 3. The number of hydrogen-bond donors (Lipinski definition) is 1. The number of aryl methyl sites for hydroxylation is 1. The summed E-state index contributed by atoms with van der Waals surface area (Å²) in [7, 11) is 0. The van der Waals surface area contributed by atoms with E-state index in [4.69, 9.17) is 5.73 Å². The number of rotatable bonds is 5. The fourth-order valence-electron chi connectivity index (χ4n) is 2.06. The fraction of sp³-hybridized carbons (Fsp3) is 0.333. The molecule has 1 heterocycles. The van der Waals surface area contributed by atoms with E-state index in [1.54, 1.807) is 17.4 Å². The maximum atomic E-state index is 12.6. The number of hydrogen-bond acceptors (Lipinski definition) is 2. The third-order valence-electron chi connectivity index (χ3n) is 3.16. The zero-order valence-corrected chi connectivity index (χ0v) is 11.7. The first-order valence-corrected chi connectivity index (χ1v) is 7.30. The van der Waals surface area contributed by atoms with Gasteiger partial charge in [0.15, 0.2) is 0 Å². The highest BCUT2D eigenvalue weighted by Crippen LogP contribution is 2.31. The van der Waals surface area contributed by atoms with Crippen molar-refractivity contribution in [2.24, 2.45) is 5.73 Å². The van der Waals surface area contributed by atoms with Crippen LogP contribution in [0.25, 0.3) is 0 Å². The van der Waals surface area contributed by atoms with Crippen molar-refractivity contribution in [2.45, 2.75) is 31.5 Å². The molecular weight excluding hydrogens is 283 g/mol. The molecule has 0 aliphatic heterocycles. The van der Waals surface area contributed by atoms with Crippen LogP contribution in [0, 0.1) is 0 Å². The van der Waals surface area contributed by atoms with Gasteiger partial charge in [0.25, 0.3) is 0 Å². The van der Waals surface area contributed by atoms with Crippen molar-refractivity contribution in [3.63, 3.8) is 0 Å². The van der Waals surface area contributed by atoms with E-state index >= 15 is 0 Å². The Morgan fingerprint density at radius 3 is 2.60 bits per heavy atom. The summed E-state index contributed by atoms with van der Waals surface area (Å²) in [4.78, 5) is 1.28. The predicted molar refractivity (Wildman–Crippen MR) is 75.6 cm³/mol. The molecule has 0 bridgehead atoms. The Morgan fingerprint density at radius 1 is 1.15 bits per heavy atom. The van der Waals surface area contributed by atoms with Gasteiger partial charge < -0.3 is 5.73 Å². The van der Waals surface area contributed by atoms with Crippen molar-refractivity contribution in [3.05, 3.63) is 57.8 Å². The molecular formula is C15H16F3NS. The van der Waals surface area contributed by atoms with Gasteiger partial charge in [0, 0.05) is 10.9 Å². The van der Waals surface area contributed by atoms with E-state index in [-0.39, 0.29) is 6.04 Å². The molecule has 2 aromatic rings. The van der Waals surface area contributed by atoms with Crippen molar-refractivity contribution in [1.82, 2.24) is 0 Å². The topological polar surface area (TPSA) is 26.0 Å². The molecule has 0 saturated carbocycles. The zero-order chi connectivity index (χ0) is 14.6. The average Bonchev–Trinajstić information content (AvgIpc) is 2.91. The Morgan fingerprint density at radius 2 is 1.95 bits per heavy atom. The van der Waals surface area contributed by atoms with E-state index in [2.05, 4.69) is 6.07 Å². The van der Waals surface area contributed by atoms with Crippen molar-refractivity contribution >= 4 is 11.3 Å². The highest BCUT2D eigenvalue weighted by Gasteiger charge is 2.30. The van der Waals surface area contributed by atoms with Crippen LogP contribution in [-0.4, -0.2) is 0 Å². The molecule has 1 aromatic heterocycles. The Labute approximate surface area is 120 Å². The molecule has 1 nitrogen and oxygen atoms in total. The largest absolute Gasteiger partial charge is 0.416 e. The van der Waals surface area contributed by atoms with Crippen LogP contribution in [0.1, 0.15) is 34.9 Å². The molecule has 2 rings (SSSR count). The molecule has 1 unspecified atom stereocenters. The van der Waals surface area contributed by atoms with Gasteiger partial charge >= 0.3 is 6.18 Å². The molecule has 0 amide bonds. The van der Waals surface area contributed by atoms with Crippen LogP contribution >= 0.6 is 11.3 Å². The maximum absolute atomic E-state index is 12.6. The summed E-state index contributed by atoms with van der Waals surface area (Å²) in [6.07, 6.45) is -1.84. The van der Waals surface area contributed by atoms with Crippen LogP contribution in [0.15, 0.2) is 41.8 Å². The Kier molecular flexibility index (Phi) is 4.83. The smallest absolute Gasteiger partial charge is 0.324 e. The second-order valence-corrected chi connectivity index (χ2v) is 5.73. The minimum atomic E-state index is -4.31. The van der Waals surface area contributed by atoms with E-state index in [1.165, 1.54) is 10.9 Å². The quantitative estimate of drug-likeness (QED) is 0.844. The molecule has 108 valence electrons. The highest BCUT2D eigenvalue weighted by atomic mass is 32.1. The van der Waals surface area contributed by atoms with Gasteiger partial charge in [-0.25, -0.2) is 0 Å². The lowest BCUT2D eigenvalue weighted by atomic mass is 9.99. The van der Waals surface area contributed by atoms with E-state index < -0.39 is 11.7 Å². The molecule has 0 saturated heterocycles. The van der Waals surface area contributed by atoms with Gasteiger partial charge in [0.2, 0.25) is 0 Å². The van der Waals surface area contributed by atoms with Crippen LogP contribution in [0.3, 0.4) is 0 Å². The summed E-state index contributed by atoms with van der Waals surface area (Å²) in [5, 5.41) is 2.02. The third-order valence-corrected chi connectivity index (χ3v) is 4.10. The molecule has 20 heavy (non-hydrogen) atoms. The summed E-state index contributed by atoms with van der Waals surface area (Å²) in [5.74, 6) is 0. The molecule has 0 aliphatic rings. The lowest BCUT2D eigenvalue weighted by Crippen LogP contribution is -2.12. The van der Waals surface area contributed by atoms with E-state index in [0.717, 1.165) is 25.0 Å². The second-order valence-electron chi connectivity index (χ2n) is 4.70. The molecule has 0 aliphatic carbocycles. The molecule has 0 spiro atoms. The number of alkyl halides is 3. The molecule has 2 N–H and O–H groups in total.